The average molecular weight is 352 g/mol. The molecule has 0 aliphatic carbocycles. The first-order valence-corrected chi connectivity index (χ1v) is 9.31. The molecule has 0 saturated heterocycles. The van der Waals surface area contributed by atoms with Gasteiger partial charge in [0, 0.05) is 24.3 Å². The topological polar surface area (TPSA) is 44.9 Å². The van der Waals surface area contributed by atoms with Crippen LogP contribution in [0.3, 0.4) is 0 Å². The van der Waals surface area contributed by atoms with Gasteiger partial charge < -0.3 is 9.30 Å². The summed E-state index contributed by atoms with van der Waals surface area (Å²) < 4.78 is 9.58. The molecule has 2 aromatic heterocycles. The van der Waals surface area contributed by atoms with E-state index in [2.05, 4.69) is 47.1 Å². The summed E-state index contributed by atoms with van der Waals surface area (Å²) in [6, 6.07) is 8.31. The molecule has 0 aliphatic rings. The van der Waals surface area contributed by atoms with Gasteiger partial charge >= 0.3 is 0 Å². The molecule has 3 aromatic rings. The van der Waals surface area contributed by atoms with Gasteiger partial charge in [-0.3, -0.25) is 4.68 Å². The van der Waals surface area contributed by atoms with Crippen LogP contribution in [0.5, 0.6) is 5.75 Å². The molecule has 0 aliphatic heterocycles. The third-order valence-electron chi connectivity index (χ3n) is 4.81. The second-order valence-corrected chi connectivity index (χ2v) is 6.69. The Morgan fingerprint density at radius 1 is 1.08 bits per heavy atom. The summed E-state index contributed by atoms with van der Waals surface area (Å²) in [7, 11) is 1.70. The number of nitrogens with zero attached hydrogens (tertiary/aromatic N) is 4. The number of imidazole rings is 1. The standard InChI is InChI=1S/C21H28N4O/c1-5-12-25-17(3)21(16(2)23-25)20-14-22-15-24(20)13-6-7-18-8-10-19(26-4)11-9-18/h8-11,14-15H,5-7,12-13H2,1-4H3. The van der Waals surface area contributed by atoms with Gasteiger partial charge in [-0.25, -0.2) is 4.98 Å². The lowest BCUT2D eigenvalue weighted by atomic mass is 10.1. The van der Waals surface area contributed by atoms with E-state index in [-0.39, 0.29) is 0 Å². The summed E-state index contributed by atoms with van der Waals surface area (Å²) in [6.45, 7) is 8.32. The summed E-state index contributed by atoms with van der Waals surface area (Å²) in [5.41, 5.74) is 6.02. The van der Waals surface area contributed by atoms with Gasteiger partial charge in [0.2, 0.25) is 0 Å². The van der Waals surface area contributed by atoms with E-state index in [4.69, 9.17) is 9.84 Å². The molecule has 1 aromatic carbocycles. The van der Waals surface area contributed by atoms with Crippen LogP contribution >= 0.6 is 0 Å². The SMILES string of the molecule is CCCn1nc(C)c(-c2cncn2CCCc2ccc(OC)cc2)c1C. The van der Waals surface area contributed by atoms with Crippen LogP contribution in [0, 0.1) is 13.8 Å². The fraction of sp³-hybridized carbons (Fsp3) is 0.429. The number of ether oxygens (including phenoxy) is 1. The third-order valence-corrected chi connectivity index (χ3v) is 4.81. The van der Waals surface area contributed by atoms with E-state index in [1.807, 2.05) is 24.7 Å². The number of methoxy groups -OCH3 is 1. The lowest BCUT2D eigenvalue weighted by molar-refractivity contribution is 0.414. The maximum Gasteiger partial charge on any atom is 0.118 e. The highest BCUT2D eigenvalue weighted by molar-refractivity contribution is 5.64. The van der Waals surface area contributed by atoms with E-state index < -0.39 is 0 Å². The summed E-state index contributed by atoms with van der Waals surface area (Å²) in [5.74, 6) is 0.903. The molecule has 0 spiro atoms. The minimum Gasteiger partial charge on any atom is -0.497 e. The number of hydrogen-bond donors (Lipinski definition) is 0. The minimum absolute atomic E-state index is 0.903. The molecule has 0 N–H and O–H groups in total. The minimum atomic E-state index is 0.903. The Hall–Kier alpha value is -2.56. The maximum absolute atomic E-state index is 5.22. The quantitative estimate of drug-likeness (QED) is 0.603. The van der Waals surface area contributed by atoms with Crippen molar-refractivity contribution in [2.24, 2.45) is 0 Å². The average Bonchev–Trinajstić information content (AvgIpc) is 3.20. The van der Waals surface area contributed by atoms with Gasteiger partial charge in [-0.15, -0.1) is 0 Å². The monoisotopic (exact) mass is 352 g/mol. The van der Waals surface area contributed by atoms with Crippen LogP contribution in [-0.2, 0) is 19.5 Å². The molecule has 0 fully saturated rings. The van der Waals surface area contributed by atoms with Crippen molar-refractivity contribution in [3.63, 3.8) is 0 Å². The van der Waals surface area contributed by atoms with E-state index in [1.165, 1.54) is 16.8 Å². The normalized spacial score (nSPS) is 11.1. The van der Waals surface area contributed by atoms with Gasteiger partial charge in [-0.1, -0.05) is 19.1 Å². The molecule has 3 rings (SSSR count). The zero-order valence-corrected chi connectivity index (χ0v) is 16.2. The molecule has 26 heavy (non-hydrogen) atoms. The Morgan fingerprint density at radius 2 is 1.85 bits per heavy atom. The Kier molecular flexibility index (Phi) is 5.76. The molecule has 5 heteroatoms. The highest BCUT2D eigenvalue weighted by atomic mass is 16.5. The van der Waals surface area contributed by atoms with Crippen molar-refractivity contribution in [3.05, 3.63) is 53.7 Å². The summed E-state index contributed by atoms with van der Waals surface area (Å²) >= 11 is 0. The van der Waals surface area contributed by atoms with Crippen LogP contribution in [0.4, 0.5) is 0 Å². The van der Waals surface area contributed by atoms with E-state index in [1.54, 1.807) is 7.11 Å². The molecule has 0 atom stereocenters. The van der Waals surface area contributed by atoms with Crippen LogP contribution in [0.1, 0.15) is 36.7 Å². The summed E-state index contributed by atoms with van der Waals surface area (Å²) in [6.07, 6.45) is 7.08. The first-order valence-electron chi connectivity index (χ1n) is 9.31. The molecular formula is C21H28N4O. The molecule has 2 heterocycles. The van der Waals surface area contributed by atoms with Gasteiger partial charge in [-0.05, 0) is 50.8 Å². The Balaban J connectivity index is 1.71. The van der Waals surface area contributed by atoms with Crippen molar-refractivity contribution >= 4 is 0 Å². The Morgan fingerprint density at radius 3 is 2.54 bits per heavy atom. The highest BCUT2D eigenvalue weighted by Crippen LogP contribution is 2.27. The van der Waals surface area contributed by atoms with Crippen LogP contribution in [0.2, 0.25) is 0 Å². The van der Waals surface area contributed by atoms with Crippen molar-refractivity contribution < 1.29 is 4.74 Å². The zero-order valence-electron chi connectivity index (χ0n) is 16.2. The Bertz CT molecular complexity index is 846. The number of hydrogen-bond acceptors (Lipinski definition) is 3. The Labute approximate surface area is 155 Å². The third kappa shape index (κ3) is 3.82. The van der Waals surface area contributed by atoms with Crippen molar-refractivity contribution in [3.8, 4) is 17.0 Å². The lowest BCUT2D eigenvalue weighted by Crippen LogP contribution is -2.03. The van der Waals surface area contributed by atoms with Gasteiger partial charge in [-0.2, -0.15) is 5.10 Å². The first kappa shape index (κ1) is 18.2. The largest absolute Gasteiger partial charge is 0.497 e. The number of aromatic nitrogens is 4. The fourth-order valence-electron chi connectivity index (χ4n) is 3.45. The van der Waals surface area contributed by atoms with Gasteiger partial charge in [0.1, 0.15) is 5.75 Å². The van der Waals surface area contributed by atoms with E-state index in [9.17, 15) is 0 Å². The van der Waals surface area contributed by atoms with E-state index >= 15 is 0 Å². The number of benzene rings is 1. The predicted molar refractivity (Wildman–Crippen MR) is 105 cm³/mol. The maximum atomic E-state index is 5.22. The van der Waals surface area contributed by atoms with Crippen LogP contribution in [0.15, 0.2) is 36.8 Å². The van der Waals surface area contributed by atoms with Gasteiger partial charge in [0.05, 0.1) is 31.0 Å². The van der Waals surface area contributed by atoms with Crippen LogP contribution < -0.4 is 4.74 Å². The zero-order chi connectivity index (χ0) is 18.5. The molecular weight excluding hydrogens is 324 g/mol. The van der Waals surface area contributed by atoms with Crippen molar-refractivity contribution in [2.45, 2.75) is 53.1 Å². The number of rotatable bonds is 8. The fourth-order valence-corrected chi connectivity index (χ4v) is 3.45. The smallest absolute Gasteiger partial charge is 0.118 e. The molecule has 0 saturated carbocycles. The first-order chi connectivity index (χ1) is 12.6. The van der Waals surface area contributed by atoms with Crippen molar-refractivity contribution in [1.29, 1.82) is 0 Å². The highest BCUT2D eigenvalue weighted by Gasteiger charge is 2.16. The second-order valence-electron chi connectivity index (χ2n) is 6.69. The molecule has 0 bridgehead atoms. The summed E-state index contributed by atoms with van der Waals surface area (Å²) in [4.78, 5) is 4.39. The second kappa shape index (κ2) is 8.21. The summed E-state index contributed by atoms with van der Waals surface area (Å²) in [5, 5.41) is 4.70. The molecule has 138 valence electrons. The predicted octanol–water partition coefficient (Wildman–Crippen LogP) is 4.41. The van der Waals surface area contributed by atoms with Crippen molar-refractivity contribution in [1.82, 2.24) is 19.3 Å². The molecule has 0 radical (unpaired) electrons. The van der Waals surface area contributed by atoms with E-state index in [0.29, 0.717) is 0 Å². The van der Waals surface area contributed by atoms with E-state index in [0.717, 1.165) is 49.5 Å². The van der Waals surface area contributed by atoms with Gasteiger partial charge in [0.15, 0.2) is 0 Å². The van der Waals surface area contributed by atoms with Crippen LogP contribution in [-0.4, -0.2) is 26.4 Å². The molecule has 0 amide bonds. The lowest BCUT2D eigenvalue weighted by Gasteiger charge is -2.09. The van der Waals surface area contributed by atoms with Crippen molar-refractivity contribution in [2.75, 3.05) is 7.11 Å². The molecule has 0 unspecified atom stereocenters. The molecule has 5 nitrogen and oxygen atoms in total. The van der Waals surface area contributed by atoms with Crippen LogP contribution in [0.25, 0.3) is 11.3 Å². The number of aryl methyl sites for hydroxylation is 4. The van der Waals surface area contributed by atoms with Gasteiger partial charge in [0.25, 0.3) is 0 Å².